The van der Waals surface area contributed by atoms with Gasteiger partial charge in [-0.1, -0.05) is 12.1 Å². The van der Waals surface area contributed by atoms with Gasteiger partial charge in [0.1, 0.15) is 22.4 Å². The molecule has 0 spiro atoms. The molecule has 1 aliphatic carbocycles. The van der Waals surface area contributed by atoms with Crippen LogP contribution in [-0.4, -0.2) is 44.0 Å². The molecule has 26 heavy (non-hydrogen) atoms. The van der Waals surface area contributed by atoms with E-state index in [1.165, 1.54) is 38.3 Å². The van der Waals surface area contributed by atoms with Gasteiger partial charge in [-0.3, -0.25) is 9.11 Å². The molecule has 0 aromatic heterocycles. The minimum atomic E-state index is -4.71. The molecule has 10 nitrogen and oxygen atoms in total. The molecule has 0 amide bonds. The van der Waals surface area contributed by atoms with E-state index in [0.29, 0.717) is 5.57 Å². The lowest BCUT2D eigenvalue weighted by Gasteiger charge is -2.30. The second kappa shape index (κ2) is 6.89. The lowest BCUT2D eigenvalue weighted by atomic mass is 9.98. The van der Waals surface area contributed by atoms with Gasteiger partial charge in [0.05, 0.1) is 7.11 Å². The molecule has 0 fully saturated rings. The van der Waals surface area contributed by atoms with Gasteiger partial charge in [0.25, 0.3) is 20.2 Å². The molecule has 0 aliphatic heterocycles. The second-order valence-corrected chi connectivity index (χ2v) is 8.51. The minimum absolute atomic E-state index is 0.102. The lowest BCUT2D eigenvalue weighted by molar-refractivity contribution is 0.254. The number of hydrogen-bond acceptors (Lipinski definition) is 8. The number of azo groups is 1. The first-order valence-electron chi connectivity index (χ1n) is 7.09. The zero-order valence-corrected chi connectivity index (χ0v) is 15.4. The Hall–Kier alpha value is -2.12. The van der Waals surface area contributed by atoms with Crippen LogP contribution in [0.15, 0.2) is 62.9 Å². The molecule has 4 N–H and O–H groups in total. The van der Waals surface area contributed by atoms with Gasteiger partial charge in [-0.25, -0.2) is 0 Å². The third-order valence-corrected chi connectivity index (χ3v) is 5.76. The molecule has 1 aliphatic rings. The Labute approximate surface area is 150 Å². The van der Waals surface area contributed by atoms with Crippen LogP contribution in [0.25, 0.3) is 0 Å². The Balaban J connectivity index is 2.46. The molecular formula is C14H17N3O7S2. The van der Waals surface area contributed by atoms with Crippen LogP contribution in [0.3, 0.4) is 0 Å². The first-order valence-corrected chi connectivity index (χ1v) is 9.97. The van der Waals surface area contributed by atoms with Gasteiger partial charge in [-0.05, 0) is 36.8 Å². The molecule has 12 heteroatoms. The van der Waals surface area contributed by atoms with E-state index in [4.69, 9.17) is 10.5 Å². The van der Waals surface area contributed by atoms with Crippen molar-refractivity contribution in [1.82, 2.24) is 0 Å². The minimum Gasteiger partial charge on any atom is -0.498 e. The van der Waals surface area contributed by atoms with E-state index in [0.717, 1.165) is 12.1 Å². The molecule has 2 rings (SSSR count). The summed E-state index contributed by atoms with van der Waals surface area (Å²) in [4.78, 5) is -2.69. The van der Waals surface area contributed by atoms with Gasteiger partial charge >= 0.3 is 0 Å². The molecule has 2 atom stereocenters. The summed E-state index contributed by atoms with van der Waals surface area (Å²) in [5.41, 5.74) is 5.97. The smallest absolute Gasteiger partial charge is 0.296 e. The molecule has 1 aromatic rings. The number of ether oxygens (including phenoxy) is 1. The summed E-state index contributed by atoms with van der Waals surface area (Å²) >= 11 is 0. The summed E-state index contributed by atoms with van der Waals surface area (Å²) in [5.74, 6) is -0.266. The number of nitrogens with two attached hydrogens (primary N) is 1. The van der Waals surface area contributed by atoms with E-state index < -0.39 is 36.0 Å². The summed E-state index contributed by atoms with van der Waals surface area (Å²) < 4.78 is 69.4. The fraction of sp³-hybridized carbons (Fsp3) is 0.286. The largest absolute Gasteiger partial charge is 0.498 e. The number of methoxy groups -OCH3 is 1. The molecule has 0 bridgehead atoms. The van der Waals surface area contributed by atoms with Crippen LogP contribution in [0.2, 0.25) is 0 Å². The van der Waals surface area contributed by atoms with E-state index in [1.807, 2.05) is 0 Å². The average molecular weight is 403 g/mol. The maximum Gasteiger partial charge on any atom is 0.296 e. The highest BCUT2D eigenvalue weighted by Crippen LogP contribution is 2.32. The average Bonchev–Trinajstić information content (AvgIpc) is 2.52. The standard InChI is InChI=1S/C14H17N3O7S2/c1-9-8-14(15,26(21,22)23)13(24-2)7-11(9)17-16-10-5-3-4-6-12(10)25(18,19)20/h3-8,11H,15H2,1-2H3,(H,18,19,20)(H,21,22,23). The number of benzene rings is 1. The van der Waals surface area contributed by atoms with Crippen molar-refractivity contribution in [2.45, 2.75) is 22.7 Å². The number of nitrogens with zero attached hydrogens (tertiary/aromatic N) is 2. The normalized spacial score (nSPS) is 24.3. The van der Waals surface area contributed by atoms with Gasteiger partial charge in [0.15, 0.2) is 0 Å². The third-order valence-electron chi connectivity index (χ3n) is 3.68. The second-order valence-electron chi connectivity index (χ2n) is 5.49. The predicted molar refractivity (Wildman–Crippen MR) is 91.9 cm³/mol. The monoisotopic (exact) mass is 403 g/mol. The molecule has 2 unspecified atom stereocenters. The Kier molecular flexibility index (Phi) is 5.35. The Bertz CT molecular complexity index is 1010. The van der Waals surface area contributed by atoms with E-state index in [9.17, 15) is 25.9 Å². The third kappa shape index (κ3) is 3.83. The van der Waals surface area contributed by atoms with Crippen molar-refractivity contribution in [2.24, 2.45) is 16.0 Å². The van der Waals surface area contributed by atoms with Crippen molar-refractivity contribution in [2.75, 3.05) is 7.11 Å². The van der Waals surface area contributed by atoms with E-state index in [-0.39, 0.29) is 11.4 Å². The highest BCUT2D eigenvalue weighted by molar-refractivity contribution is 7.87. The Morgan fingerprint density at radius 1 is 1.19 bits per heavy atom. The highest BCUT2D eigenvalue weighted by Gasteiger charge is 2.45. The van der Waals surface area contributed by atoms with Gasteiger partial charge in [0.2, 0.25) is 4.87 Å². The number of hydrogen-bond donors (Lipinski definition) is 3. The van der Waals surface area contributed by atoms with Crippen LogP contribution < -0.4 is 5.73 Å². The van der Waals surface area contributed by atoms with Crippen molar-refractivity contribution >= 4 is 25.9 Å². The van der Waals surface area contributed by atoms with Gasteiger partial charge in [-0.15, -0.1) is 0 Å². The zero-order valence-electron chi connectivity index (χ0n) is 13.8. The zero-order chi connectivity index (χ0) is 19.8. The highest BCUT2D eigenvalue weighted by atomic mass is 32.2. The summed E-state index contributed by atoms with van der Waals surface area (Å²) in [6, 6.07) is 4.59. The van der Waals surface area contributed by atoms with Crippen LogP contribution in [-0.2, 0) is 25.0 Å². The fourth-order valence-corrected chi connectivity index (χ4v) is 3.70. The molecule has 0 radical (unpaired) electrons. The first-order chi connectivity index (χ1) is 11.9. The Morgan fingerprint density at radius 3 is 2.35 bits per heavy atom. The molecule has 0 saturated heterocycles. The van der Waals surface area contributed by atoms with Crippen LogP contribution in [0.5, 0.6) is 0 Å². The van der Waals surface area contributed by atoms with E-state index >= 15 is 0 Å². The van der Waals surface area contributed by atoms with Crippen LogP contribution in [0.4, 0.5) is 5.69 Å². The van der Waals surface area contributed by atoms with Crippen molar-refractivity contribution in [1.29, 1.82) is 0 Å². The maximum absolute atomic E-state index is 11.6. The number of rotatable bonds is 5. The van der Waals surface area contributed by atoms with Crippen molar-refractivity contribution in [3.05, 3.63) is 47.7 Å². The van der Waals surface area contributed by atoms with Gasteiger partial charge < -0.3 is 10.5 Å². The lowest BCUT2D eigenvalue weighted by Crippen LogP contribution is -2.50. The summed E-state index contributed by atoms with van der Waals surface area (Å²) in [7, 11) is -8.03. The van der Waals surface area contributed by atoms with Crippen molar-refractivity contribution in [3.63, 3.8) is 0 Å². The molecule has 0 saturated carbocycles. The van der Waals surface area contributed by atoms with E-state index in [1.54, 1.807) is 0 Å². The molecular weight excluding hydrogens is 386 g/mol. The quantitative estimate of drug-likeness (QED) is 0.376. The van der Waals surface area contributed by atoms with Gasteiger partial charge in [-0.2, -0.15) is 27.1 Å². The summed E-state index contributed by atoms with van der Waals surface area (Å²) in [5, 5.41) is 7.76. The maximum atomic E-state index is 11.6. The van der Waals surface area contributed by atoms with Crippen molar-refractivity contribution in [3.8, 4) is 0 Å². The fourth-order valence-electron chi connectivity index (χ4n) is 2.34. The van der Waals surface area contributed by atoms with E-state index in [2.05, 4.69) is 10.2 Å². The van der Waals surface area contributed by atoms with Crippen LogP contribution in [0, 0.1) is 0 Å². The molecule has 1 aromatic carbocycles. The van der Waals surface area contributed by atoms with Crippen molar-refractivity contribution < 1.29 is 30.7 Å². The topological polar surface area (TPSA) is 169 Å². The van der Waals surface area contributed by atoms with Gasteiger partial charge in [0, 0.05) is 0 Å². The van der Waals surface area contributed by atoms with Crippen LogP contribution in [0.1, 0.15) is 6.92 Å². The first kappa shape index (κ1) is 20.2. The summed E-state index contributed by atoms with van der Waals surface area (Å²) in [6.45, 7) is 1.51. The molecule has 142 valence electrons. The SMILES string of the molecule is COC1=CC(N=Nc2ccccc2S(=O)(=O)O)C(C)=CC1(N)S(=O)(=O)O. The molecule has 0 heterocycles. The summed E-state index contributed by atoms with van der Waals surface area (Å²) in [6.07, 6.45) is 2.31. The van der Waals surface area contributed by atoms with Crippen LogP contribution >= 0.6 is 0 Å². The Morgan fingerprint density at radius 2 is 1.81 bits per heavy atom. The predicted octanol–water partition coefficient (Wildman–Crippen LogP) is 1.42.